The molecule has 2 fully saturated rings. The van der Waals surface area contributed by atoms with E-state index in [0.717, 1.165) is 25.8 Å². The summed E-state index contributed by atoms with van der Waals surface area (Å²) in [6, 6.07) is 3.83. The summed E-state index contributed by atoms with van der Waals surface area (Å²) in [6.07, 6.45) is 6.76. The maximum atomic E-state index is 11.8. The number of rotatable bonds is 6. The monoisotopic (exact) mass is 334 g/mol. The number of aliphatic hydroxyl groups is 1. The molecule has 0 aromatic carbocycles. The van der Waals surface area contributed by atoms with Crippen LogP contribution < -0.4 is 0 Å². The molecule has 132 valence electrons. The highest BCUT2D eigenvalue weighted by atomic mass is 16.4. The van der Waals surface area contributed by atoms with Crippen molar-refractivity contribution in [3.05, 3.63) is 24.2 Å². The summed E-state index contributed by atoms with van der Waals surface area (Å²) < 4.78 is 5.31. The first kappa shape index (κ1) is 17.2. The number of aliphatic hydroxyl groups excluding tert-OH is 1. The molecule has 0 aliphatic carbocycles. The Kier molecular flexibility index (Phi) is 5.68. The van der Waals surface area contributed by atoms with E-state index in [0.29, 0.717) is 38.1 Å². The second-order valence-electron chi connectivity index (χ2n) is 6.75. The van der Waals surface area contributed by atoms with Gasteiger partial charge in [0.05, 0.1) is 6.26 Å². The molecule has 2 aliphatic heterocycles. The van der Waals surface area contributed by atoms with Crippen molar-refractivity contribution in [3.63, 3.8) is 0 Å². The van der Waals surface area contributed by atoms with E-state index >= 15 is 0 Å². The third kappa shape index (κ3) is 4.05. The fraction of sp³-hybridized carbons (Fsp3) is 0.667. The average Bonchev–Trinajstić information content (AvgIpc) is 3.15. The second kappa shape index (κ2) is 7.94. The summed E-state index contributed by atoms with van der Waals surface area (Å²) >= 11 is 0. The van der Waals surface area contributed by atoms with Crippen LogP contribution in [-0.2, 0) is 9.59 Å². The largest absolute Gasteiger partial charge is 0.467 e. The summed E-state index contributed by atoms with van der Waals surface area (Å²) in [5.74, 6) is 0.494. The van der Waals surface area contributed by atoms with Crippen LogP contribution in [0.1, 0.15) is 56.8 Å². The standard InChI is InChI=1S/C18H26N2O4/c21-15(16-6-4-12-24-16)13-14-5-2-1-3-9-19(14)10-11-20-17(22)7-8-18(20)23/h4,6,12,14-15,21H,1-3,5,7-11,13H2/t14-,15+/m0/s1. The number of carbonyl (C=O) groups excluding carboxylic acids is 2. The van der Waals surface area contributed by atoms with Gasteiger partial charge in [0.2, 0.25) is 11.8 Å². The fourth-order valence-electron chi connectivity index (χ4n) is 3.75. The normalized spacial score (nSPS) is 24.4. The van der Waals surface area contributed by atoms with Crippen molar-refractivity contribution in [2.75, 3.05) is 19.6 Å². The van der Waals surface area contributed by atoms with Gasteiger partial charge in [-0.3, -0.25) is 19.4 Å². The van der Waals surface area contributed by atoms with Crippen LogP contribution in [0.3, 0.4) is 0 Å². The van der Waals surface area contributed by atoms with Crippen molar-refractivity contribution in [2.24, 2.45) is 0 Å². The molecule has 3 heterocycles. The zero-order chi connectivity index (χ0) is 16.9. The Bertz CT molecular complexity index is 541. The molecule has 0 saturated carbocycles. The summed E-state index contributed by atoms with van der Waals surface area (Å²) in [6.45, 7) is 2.10. The van der Waals surface area contributed by atoms with Crippen molar-refractivity contribution >= 4 is 11.8 Å². The number of amides is 2. The number of carbonyl (C=O) groups is 2. The number of hydrogen-bond donors (Lipinski definition) is 1. The molecule has 6 heteroatoms. The van der Waals surface area contributed by atoms with Crippen molar-refractivity contribution in [1.82, 2.24) is 9.80 Å². The molecule has 2 saturated heterocycles. The zero-order valence-electron chi connectivity index (χ0n) is 14.0. The highest BCUT2D eigenvalue weighted by molar-refractivity contribution is 6.01. The smallest absolute Gasteiger partial charge is 0.229 e. The molecule has 2 amide bonds. The summed E-state index contributed by atoms with van der Waals surface area (Å²) in [5.41, 5.74) is 0. The van der Waals surface area contributed by atoms with Crippen LogP contribution in [-0.4, -0.2) is 52.4 Å². The molecule has 1 aromatic heterocycles. The number of hydrogen-bond acceptors (Lipinski definition) is 5. The van der Waals surface area contributed by atoms with Gasteiger partial charge in [0.15, 0.2) is 0 Å². The summed E-state index contributed by atoms with van der Waals surface area (Å²) in [7, 11) is 0. The van der Waals surface area contributed by atoms with Crippen LogP contribution in [0.5, 0.6) is 0 Å². The SMILES string of the molecule is O=C1CCC(=O)N1CCN1CCCCC[C@H]1C[C@@H](O)c1ccco1. The van der Waals surface area contributed by atoms with Gasteiger partial charge in [-0.2, -0.15) is 0 Å². The van der Waals surface area contributed by atoms with Gasteiger partial charge >= 0.3 is 0 Å². The van der Waals surface area contributed by atoms with E-state index in [1.54, 1.807) is 18.4 Å². The van der Waals surface area contributed by atoms with Crippen molar-refractivity contribution in [3.8, 4) is 0 Å². The first-order valence-electron chi connectivity index (χ1n) is 8.94. The molecule has 0 unspecified atom stereocenters. The van der Waals surface area contributed by atoms with E-state index in [4.69, 9.17) is 4.42 Å². The topological polar surface area (TPSA) is 74.0 Å². The number of imide groups is 1. The maximum absolute atomic E-state index is 11.8. The molecular weight excluding hydrogens is 308 g/mol. The Hall–Kier alpha value is -1.66. The van der Waals surface area contributed by atoms with Crippen molar-refractivity contribution in [1.29, 1.82) is 0 Å². The minimum Gasteiger partial charge on any atom is -0.467 e. The minimum atomic E-state index is -0.611. The van der Waals surface area contributed by atoms with Gasteiger partial charge in [0.25, 0.3) is 0 Å². The van der Waals surface area contributed by atoms with E-state index in [-0.39, 0.29) is 17.9 Å². The maximum Gasteiger partial charge on any atom is 0.229 e. The first-order chi connectivity index (χ1) is 11.6. The molecule has 2 aliphatic rings. The predicted octanol–water partition coefficient (Wildman–Crippen LogP) is 2.10. The van der Waals surface area contributed by atoms with Gasteiger partial charge in [-0.1, -0.05) is 12.8 Å². The zero-order valence-corrected chi connectivity index (χ0v) is 14.0. The lowest BCUT2D eigenvalue weighted by Crippen LogP contribution is -2.43. The van der Waals surface area contributed by atoms with Gasteiger partial charge in [-0.15, -0.1) is 0 Å². The number of furan rings is 1. The van der Waals surface area contributed by atoms with E-state index in [1.807, 2.05) is 0 Å². The Morgan fingerprint density at radius 3 is 2.67 bits per heavy atom. The van der Waals surface area contributed by atoms with Gasteiger partial charge in [0.1, 0.15) is 11.9 Å². The average molecular weight is 334 g/mol. The molecule has 0 spiro atoms. The van der Waals surface area contributed by atoms with E-state index in [9.17, 15) is 14.7 Å². The van der Waals surface area contributed by atoms with Crippen LogP contribution in [0, 0.1) is 0 Å². The van der Waals surface area contributed by atoms with E-state index in [1.165, 1.54) is 11.3 Å². The molecule has 1 N–H and O–H groups in total. The van der Waals surface area contributed by atoms with E-state index < -0.39 is 6.10 Å². The van der Waals surface area contributed by atoms with Crippen molar-refractivity contribution in [2.45, 2.75) is 57.1 Å². The van der Waals surface area contributed by atoms with Crippen LogP contribution in [0.2, 0.25) is 0 Å². The highest BCUT2D eigenvalue weighted by Crippen LogP contribution is 2.26. The minimum absolute atomic E-state index is 0.0537. The molecule has 0 bridgehead atoms. The Balaban J connectivity index is 1.59. The molecule has 3 rings (SSSR count). The Morgan fingerprint density at radius 2 is 1.96 bits per heavy atom. The first-order valence-corrected chi connectivity index (χ1v) is 8.94. The van der Waals surface area contributed by atoms with Gasteiger partial charge < -0.3 is 9.52 Å². The third-order valence-corrected chi connectivity index (χ3v) is 5.13. The molecule has 24 heavy (non-hydrogen) atoms. The van der Waals surface area contributed by atoms with Crippen LogP contribution in [0.15, 0.2) is 22.8 Å². The lowest BCUT2D eigenvalue weighted by molar-refractivity contribution is -0.138. The highest BCUT2D eigenvalue weighted by Gasteiger charge is 2.30. The molecule has 0 radical (unpaired) electrons. The predicted molar refractivity (Wildman–Crippen MR) is 88.1 cm³/mol. The van der Waals surface area contributed by atoms with Gasteiger partial charge in [-0.25, -0.2) is 0 Å². The molecule has 1 aromatic rings. The Labute approximate surface area is 142 Å². The van der Waals surface area contributed by atoms with Crippen LogP contribution in [0.4, 0.5) is 0 Å². The summed E-state index contributed by atoms with van der Waals surface area (Å²) in [5, 5.41) is 10.4. The lowest BCUT2D eigenvalue weighted by Gasteiger charge is -2.32. The lowest BCUT2D eigenvalue weighted by atomic mass is 10.0. The van der Waals surface area contributed by atoms with E-state index in [2.05, 4.69) is 4.90 Å². The van der Waals surface area contributed by atoms with Gasteiger partial charge in [0, 0.05) is 32.0 Å². The molecule has 6 nitrogen and oxygen atoms in total. The number of likely N-dealkylation sites (tertiary alicyclic amines) is 2. The van der Waals surface area contributed by atoms with Gasteiger partial charge in [-0.05, 0) is 37.9 Å². The third-order valence-electron chi connectivity index (χ3n) is 5.13. The molecular formula is C18H26N2O4. The quantitative estimate of drug-likeness (QED) is 0.807. The Morgan fingerprint density at radius 1 is 1.17 bits per heavy atom. The fourth-order valence-corrected chi connectivity index (χ4v) is 3.75. The second-order valence-corrected chi connectivity index (χ2v) is 6.75. The van der Waals surface area contributed by atoms with Crippen LogP contribution >= 0.6 is 0 Å². The summed E-state index contributed by atoms with van der Waals surface area (Å²) in [4.78, 5) is 27.3. The van der Waals surface area contributed by atoms with Crippen LogP contribution in [0.25, 0.3) is 0 Å². The molecule has 2 atom stereocenters. The number of nitrogens with zero attached hydrogens (tertiary/aromatic N) is 2. The van der Waals surface area contributed by atoms with Crippen molar-refractivity contribution < 1.29 is 19.1 Å².